The van der Waals surface area contributed by atoms with Gasteiger partial charge in [0.15, 0.2) is 17.9 Å². The summed E-state index contributed by atoms with van der Waals surface area (Å²) in [5.41, 5.74) is 0.414. The van der Waals surface area contributed by atoms with Gasteiger partial charge in [-0.2, -0.15) is 0 Å². The van der Waals surface area contributed by atoms with Gasteiger partial charge >= 0.3 is 0 Å². The molecule has 1 N–H and O–H groups in total. The number of aliphatic hydroxyl groups is 1. The lowest BCUT2D eigenvalue weighted by Gasteiger charge is -2.14. The lowest BCUT2D eigenvalue weighted by Crippen LogP contribution is -2.06. The summed E-state index contributed by atoms with van der Waals surface area (Å²) in [5, 5.41) is 10.0. The van der Waals surface area contributed by atoms with Crippen molar-refractivity contribution in [2.24, 2.45) is 0 Å². The Labute approximate surface area is 157 Å². The number of unbranched alkanes of at least 4 members (excludes halogenated alkanes) is 7. The molecule has 0 aliphatic heterocycles. The third kappa shape index (κ3) is 10.1. The Hall–Kier alpha value is -1.17. The van der Waals surface area contributed by atoms with Gasteiger partial charge < -0.3 is 19.3 Å². The predicted molar refractivity (Wildman–Crippen MR) is 102 cm³/mol. The highest BCUT2D eigenvalue weighted by atomic mass is 19.1. The van der Waals surface area contributed by atoms with Gasteiger partial charge in [0.1, 0.15) is 0 Å². The number of halogens is 1. The average Bonchev–Trinajstić information content (AvgIpc) is 2.64. The first kappa shape index (κ1) is 22.9. The van der Waals surface area contributed by atoms with Crippen LogP contribution in [0.25, 0.3) is 0 Å². The number of rotatable bonds is 16. The molecule has 26 heavy (non-hydrogen) atoms. The molecular weight excluding hydrogens is 335 g/mol. The van der Waals surface area contributed by atoms with Crippen LogP contribution in [-0.4, -0.2) is 32.0 Å². The number of benzene rings is 1. The molecule has 0 bridgehead atoms. The molecule has 0 amide bonds. The third-order valence-corrected chi connectivity index (χ3v) is 4.27. The van der Waals surface area contributed by atoms with E-state index in [1.165, 1.54) is 25.3 Å². The highest BCUT2D eigenvalue weighted by Crippen LogP contribution is 2.23. The summed E-state index contributed by atoms with van der Waals surface area (Å²) < 4.78 is 30.0. The van der Waals surface area contributed by atoms with Gasteiger partial charge in [-0.15, -0.1) is 0 Å². The van der Waals surface area contributed by atoms with Crippen LogP contribution >= 0.6 is 0 Å². The van der Waals surface area contributed by atoms with E-state index in [0.29, 0.717) is 18.8 Å². The monoisotopic (exact) mass is 370 g/mol. The topological polar surface area (TPSA) is 47.9 Å². The van der Waals surface area contributed by atoms with Gasteiger partial charge in [0.25, 0.3) is 0 Å². The van der Waals surface area contributed by atoms with Crippen LogP contribution in [0.2, 0.25) is 0 Å². The molecule has 4 nitrogen and oxygen atoms in total. The molecule has 5 heteroatoms. The Kier molecular flexibility index (Phi) is 13.1. The standard InChI is InChI=1S/C21H35FO4/c1-3-4-5-6-10-15-25-20-13-12-18(17-19(20)22)21(23)26-16-11-8-7-9-14-24-2/h12-13,17,21,23H,3-11,14-16H2,1-2H3. The van der Waals surface area contributed by atoms with Gasteiger partial charge in [0.05, 0.1) is 13.2 Å². The second-order valence-electron chi connectivity index (χ2n) is 6.58. The fourth-order valence-corrected chi connectivity index (χ4v) is 2.67. The van der Waals surface area contributed by atoms with Crippen molar-refractivity contribution < 1.29 is 23.7 Å². The molecular formula is C21H35FO4. The second-order valence-corrected chi connectivity index (χ2v) is 6.58. The smallest absolute Gasteiger partial charge is 0.181 e. The maximum absolute atomic E-state index is 14.1. The minimum atomic E-state index is -1.11. The van der Waals surface area contributed by atoms with Crippen LogP contribution in [0.1, 0.15) is 76.6 Å². The Bertz CT molecular complexity index is 467. The molecule has 150 valence electrons. The van der Waals surface area contributed by atoms with Crippen LogP contribution in [0.15, 0.2) is 18.2 Å². The number of aliphatic hydroxyl groups excluding tert-OH is 1. The van der Waals surface area contributed by atoms with Crippen molar-refractivity contribution in [3.8, 4) is 5.75 Å². The zero-order valence-electron chi connectivity index (χ0n) is 16.3. The number of methoxy groups -OCH3 is 1. The predicted octanol–water partition coefficient (Wildman–Crippen LogP) is 5.39. The van der Waals surface area contributed by atoms with Gasteiger partial charge in [-0.1, -0.05) is 51.5 Å². The van der Waals surface area contributed by atoms with Crippen LogP contribution in [-0.2, 0) is 9.47 Å². The van der Waals surface area contributed by atoms with Gasteiger partial charge in [-0.3, -0.25) is 0 Å². The Morgan fingerprint density at radius 2 is 1.58 bits per heavy atom. The molecule has 0 saturated carbocycles. The normalized spacial score (nSPS) is 12.3. The molecule has 1 aromatic rings. The van der Waals surface area contributed by atoms with E-state index < -0.39 is 12.1 Å². The van der Waals surface area contributed by atoms with Gasteiger partial charge in [-0.05, 0) is 31.4 Å². The zero-order valence-corrected chi connectivity index (χ0v) is 16.3. The van der Waals surface area contributed by atoms with E-state index in [0.717, 1.165) is 45.1 Å². The largest absolute Gasteiger partial charge is 0.491 e. The fraction of sp³-hybridized carbons (Fsp3) is 0.714. The van der Waals surface area contributed by atoms with Crippen molar-refractivity contribution in [1.29, 1.82) is 0 Å². The van der Waals surface area contributed by atoms with E-state index >= 15 is 0 Å². The van der Waals surface area contributed by atoms with Gasteiger partial charge in [0, 0.05) is 19.3 Å². The van der Waals surface area contributed by atoms with Gasteiger partial charge in [0.2, 0.25) is 0 Å². The Morgan fingerprint density at radius 1 is 0.923 bits per heavy atom. The molecule has 0 aliphatic rings. The van der Waals surface area contributed by atoms with E-state index in [2.05, 4.69) is 6.92 Å². The van der Waals surface area contributed by atoms with Crippen LogP contribution in [0.5, 0.6) is 5.75 Å². The first-order chi connectivity index (χ1) is 12.7. The van der Waals surface area contributed by atoms with Crippen molar-refractivity contribution in [3.63, 3.8) is 0 Å². The summed E-state index contributed by atoms with van der Waals surface area (Å²) in [5.74, 6) is -0.229. The van der Waals surface area contributed by atoms with Crippen molar-refractivity contribution in [2.45, 2.75) is 71.0 Å². The first-order valence-corrected chi connectivity index (χ1v) is 9.90. The highest BCUT2D eigenvalue weighted by molar-refractivity contribution is 5.29. The summed E-state index contributed by atoms with van der Waals surface area (Å²) in [7, 11) is 1.70. The SMILES string of the molecule is CCCCCCCOc1ccc(C(O)OCCCCCCOC)cc1F. The molecule has 0 aliphatic carbocycles. The molecule has 0 heterocycles. The van der Waals surface area contributed by atoms with Gasteiger partial charge in [-0.25, -0.2) is 4.39 Å². The van der Waals surface area contributed by atoms with Crippen molar-refractivity contribution >= 4 is 0 Å². The minimum Gasteiger partial charge on any atom is -0.491 e. The molecule has 0 fully saturated rings. The molecule has 1 aromatic carbocycles. The van der Waals surface area contributed by atoms with Crippen molar-refractivity contribution in [2.75, 3.05) is 26.9 Å². The Morgan fingerprint density at radius 3 is 2.23 bits per heavy atom. The molecule has 0 spiro atoms. The molecule has 0 aromatic heterocycles. The highest BCUT2D eigenvalue weighted by Gasteiger charge is 2.12. The number of hydrogen-bond donors (Lipinski definition) is 1. The summed E-state index contributed by atoms with van der Waals surface area (Å²) >= 11 is 0. The van der Waals surface area contributed by atoms with Crippen molar-refractivity contribution in [1.82, 2.24) is 0 Å². The zero-order chi connectivity index (χ0) is 19.0. The lowest BCUT2D eigenvalue weighted by atomic mass is 10.1. The molecule has 0 saturated heterocycles. The fourth-order valence-electron chi connectivity index (χ4n) is 2.67. The average molecular weight is 371 g/mol. The van der Waals surface area contributed by atoms with Crippen LogP contribution in [0, 0.1) is 5.82 Å². The van der Waals surface area contributed by atoms with Crippen LogP contribution in [0.4, 0.5) is 4.39 Å². The van der Waals surface area contributed by atoms with E-state index in [-0.39, 0.29) is 5.75 Å². The maximum Gasteiger partial charge on any atom is 0.181 e. The van der Waals surface area contributed by atoms with Crippen molar-refractivity contribution in [3.05, 3.63) is 29.6 Å². The summed E-state index contributed by atoms with van der Waals surface area (Å²) in [6.07, 6.45) is 8.55. The van der Waals surface area contributed by atoms with E-state index in [4.69, 9.17) is 14.2 Å². The summed E-state index contributed by atoms with van der Waals surface area (Å²) in [6, 6.07) is 4.50. The minimum absolute atomic E-state index is 0.231. The van der Waals surface area contributed by atoms with E-state index in [9.17, 15) is 9.50 Å². The summed E-state index contributed by atoms with van der Waals surface area (Å²) in [6.45, 7) is 3.92. The third-order valence-electron chi connectivity index (χ3n) is 4.27. The van der Waals surface area contributed by atoms with Crippen LogP contribution in [0.3, 0.4) is 0 Å². The molecule has 1 rings (SSSR count). The molecule has 1 unspecified atom stereocenters. The quantitative estimate of drug-likeness (QED) is 0.313. The van der Waals surface area contributed by atoms with Crippen LogP contribution < -0.4 is 4.74 Å². The van der Waals surface area contributed by atoms with E-state index in [1.807, 2.05) is 0 Å². The molecule has 0 radical (unpaired) electrons. The summed E-state index contributed by atoms with van der Waals surface area (Å²) in [4.78, 5) is 0. The Balaban J connectivity index is 2.25. The first-order valence-electron chi connectivity index (χ1n) is 9.90. The van der Waals surface area contributed by atoms with E-state index in [1.54, 1.807) is 19.2 Å². The molecule has 1 atom stereocenters. The lowest BCUT2D eigenvalue weighted by molar-refractivity contribution is -0.104. The second kappa shape index (κ2) is 14.9. The maximum atomic E-state index is 14.1. The number of hydrogen-bond acceptors (Lipinski definition) is 4. The number of ether oxygens (including phenoxy) is 3.